The number of hydrogen-bond donors (Lipinski definition) is 0. The van der Waals surface area contributed by atoms with Crippen LogP contribution in [0.1, 0.15) is 16.7 Å². The minimum Gasteiger partial charge on any atom is -0.302 e. The van der Waals surface area contributed by atoms with Crippen LogP contribution in [0.15, 0.2) is 130 Å². The predicted octanol–water partition coefficient (Wildman–Crippen LogP) is 7.13. The molecule has 4 aromatic carbocycles. The Kier molecular flexibility index (Phi) is 9.91. The second-order valence-corrected chi connectivity index (χ2v) is 10.0. The Morgan fingerprint density at radius 3 is 1.66 bits per heavy atom. The van der Waals surface area contributed by atoms with Crippen LogP contribution in [0, 0.1) is 0 Å². The molecule has 0 bridgehead atoms. The van der Waals surface area contributed by atoms with Crippen molar-refractivity contribution in [1.29, 1.82) is 0 Å². The number of aromatic nitrogens is 4. The van der Waals surface area contributed by atoms with E-state index in [0.717, 1.165) is 26.6 Å². The molecule has 0 N–H and O–H groups in total. The van der Waals surface area contributed by atoms with E-state index in [2.05, 4.69) is 32.5 Å². The molecule has 0 fully saturated rings. The summed E-state index contributed by atoms with van der Waals surface area (Å²) in [6.45, 7) is 3.63. The van der Waals surface area contributed by atoms with Gasteiger partial charge in [-0.3, -0.25) is 9.59 Å². The monoisotopic (exact) mass is 604 g/mol. The van der Waals surface area contributed by atoms with Gasteiger partial charge in [-0.1, -0.05) is 107 Å². The number of rotatable bonds is 3. The highest BCUT2D eigenvalue weighted by molar-refractivity contribution is 9.10. The average Bonchev–Trinajstić information content (AvgIpc) is 3.01. The van der Waals surface area contributed by atoms with Gasteiger partial charge in [0.2, 0.25) is 0 Å². The van der Waals surface area contributed by atoms with Gasteiger partial charge < -0.3 is 9.13 Å². The summed E-state index contributed by atoms with van der Waals surface area (Å²) < 4.78 is 3.89. The molecule has 6 rings (SSSR count). The van der Waals surface area contributed by atoms with Crippen LogP contribution in [0.3, 0.4) is 0 Å². The number of aryl methyl sites for hydroxylation is 2. The minimum absolute atomic E-state index is 0.0162. The van der Waals surface area contributed by atoms with Crippen molar-refractivity contribution in [3.63, 3.8) is 0 Å². The molecule has 0 amide bonds. The normalized spacial score (nSPS) is 10.5. The maximum atomic E-state index is 11.9. The molecule has 0 aliphatic heterocycles. The summed E-state index contributed by atoms with van der Waals surface area (Å²) in [6, 6.07) is 31.3. The quantitative estimate of drug-likeness (QED) is 0.201. The molecule has 6 nitrogen and oxygen atoms in total. The van der Waals surface area contributed by atoms with E-state index in [0.29, 0.717) is 10.8 Å². The molecule has 2 aromatic heterocycles. The topological polar surface area (TPSA) is 69.8 Å². The fourth-order valence-corrected chi connectivity index (χ4v) is 4.21. The molecule has 0 unspecified atom stereocenters. The second kappa shape index (κ2) is 14.0. The van der Waals surface area contributed by atoms with Gasteiger partial charge in [0.1, 0.15) is 0 Å². The lowest BCUT2D eigenvalue weighted by Crippen LogP contribution is -2.16. The van der Waals surface area contributed by atoms with E-state index in [1.54, 1.807) is 26.5 Å². The zero-order valence-electron chi connectivity index (χ0n) is 22.8. The van der Waals surface area contributed by atoms with Crippen LogP contribution >= 0.6 is 15.9 Å². The molecule has 41 heavy (non-hydrogen) atoms. The Labute approximate surface area is 246 Å². The van der Waals surface area contributed by atoms with E-state index < -0.39 is 0 Å². The maximum absolute atomic E-state index is 11.9. The first-order valence-corrected chi connectivity index (χ1v) is 13.6. The fourth-order valence-electron chi connectivity index (χ4n) is 3.86. The molecule has 6 aromatic rings. The van der Waals surface area contributed by atoms with Crippen LogP contribution in [-0.4, -0.2) is 19.1 Å². The summed E-state index contributed by atoms with van der Waals surface area (Å²) in [7, 11) is 3.40. The Morgan fingerprint density at radius 1 is 0.634 bits per heavy atom. The molecule has 0 aliphatic rings. The zero-order chi connectivity index (χ0) is 29.2. The SMILES string of the molecule is C=Cc1ccccc1.Cn1cnc2cc(/C=C/c3ccccc3)ccc2c1=O.Cn1cnc2cc(Br)ccc2c1=O. The molecule has 0 atom stereocenters. The lowest BCUT2D eigenvalue weighted by molar-refractivity contribution is 0.843. The van der Waals surface area contributed by atoms with Crippen molar-refractivity contribution in [2.24, 2.45) is 14.1 Å². The Balaban J connectivity index is 0.000000158. The number of hydrogen-bond acceptors (Lipinski definition) is 4. The van der Waals surface area contributed by atoms with Gasteiger partial charge in [0.15, 0.2) is 0 Å². The van der Waals surface area contributed by atoms with Crippen molar-refractivity contribution >= 4 is 56.0 Å². The Morgan fingerprint density at radius 2 is 1.12 bits per heavy atom. The minimum atomic E-state index is -0.0198. The first kappa shape index (κ1) is 29.1. The summed E-state index contributed by atoms with van der Waals surface area (Å²) >= 11 is 3.33. The van der Waals surface area contributed by atoms with Crippen LogP contribution in [0.5, 0.6) is 0 Å². The van der Waals surface area contributed by atoms with Gasteiger partial charge in [-0.15, -0.1) is 0 Å². The third-order valence-corrected chi connectivity index (χ3v) is 6.62. The van der Waals surface area contributed by atoms with E-state index in [4.69, 9.17) is 0 Å². The maximum Gasteiger partial charge on any atom is 0.260 e. The number of fused-ring (bicyclic) bond motifs is 2. The van der Waals surface area contributed by atoms with Crippen molar-refractivity contribution in [3.05, 3.63) is 158 Å². The van der Waals surface area contributed by atoms with Gasteiger partial charge in [-0.05, 0) is 47.0 Å². The van der Waals surface area contributed by atoms with Crippen molar-refractivity contribution < 1.29 is 0 Å². The van der Waals surface area contributed by atoms with Crippen molar-refractivity contribution in [2.75, 3.05) is 0 Å². The highest BCUT2D eigenvalue weighted by Crippen LogP contribution is 2.15. The van der Waals surface area contributed by atoms with Gasteiger partial charge in [-0.25, -0.2) is 9.97 Å². The Hall–Kier alpha value is -4.88. The molecule has 204 valence electrons. The first-order valence-electron chi connectivity index (χ1n) is 12.8. The number of benzene rings is 4. The summed E-state index contributed by atoms with van der Waals surface area (Å²) in [4.78, 5) is 31.9. The van der Waals surface area contributed by atoms with Gasteiger partial charge in [-0.2, -0.15) is 0 Å². The highest BCUT2D eigenvalue weighted by atomic mass is 79.9. The molecule has 0 saturated carbocycles. The zero-order valence-corrected chi connectivity index (χ0v) is 24.4. The van der Waals surface area contributed by atoms with Crippen molar-refractivity contribution in [2.45, 2.75) is 0 Å². The highest BCUT2D eigenvalue weighted by Gasteiger charge is 2.02. The molecular formula is C34H29BrN4O2. The smallest absolute Gasteiger partial charge is 0.260 e. The summed E-state index contributed by atoms with van der Waals surface area (Å²) in [5.41, 5.74) is 4.76. The summed E-state index contributed by atoms with van der Waals surface area (Å²) in [5, 5.41) is 1.29. The van der Waals surface area contributed by atoms with Crippen LogP contribution in [0.25, 0.3) is 40.0 Å². The van der Waals surface area contributed by atoms with Gasteiger partial charge in [0.25, 0.3) is 11.1 Å². The van der Waals surface area contributed by atoms with Crippen LogP contribution in [0.2, 0.25) is 0 Å². The molecular weight excluding hydrogens is 576 g/mol. The number of nitrogens with zero attached hydrogens (tertiary/aromatic N) is 4. The summed E-state index contributed by atoms with van der Waals surface area (Å²) in [5.74, 6) is 0. The van der Waals surface area contributed by atoms with Crippen LogP contribution in [0.4, 0.5) is 0 Å². The van der Waals surface area contributed by atoms with E-state index in [1.807, 2.05) is 109 Å². The molecule has 7 heteroatoms. The lowest BCUT2D eigenvalue weighted by Gasteiger charge is -2.01. The van der Waals surface area contributed by atoms with E-state index >= 15 is 0 Å². The number of halogens is 1. The molecule has 2 heterocycles. The third kappa shape index (κ3) is 7.84. The second-order valence-electron chi connectivity index (χ2n) is 9.12. The van der Waals surface area contributed by atoms with Crippen LogP contribution < -0.4 is 11.1 Å². The van der Waals surface area contributed by atoms with E-state index in [1.165, 1.54) is 21.0 Å². The lowest BCUT2D eigenvalue weighted by atomic mass is 10.1. The molecule has 0 spiro atoms. The van der Waals surface area contributed by atoms with Gasteiger partial charge >= 0.3 is 0 Å². The van der Waals surface area contributed by atoms with Gasteiger partial charge in [0.05, 0.1) is 34.5 Å². The first-order chi connectivity index (χ1) is 19.9. The van der Waals surface area contributed by atoms with Crippen LogP contribution in [-0.2, 0) is 14.1 Å². The van der Waals surface area contributed by atoms with E-state index in [-0.39, 0.29) is 11.1 Å². The van der Waals surface area contributed by atoms with Crippen molar-refractivity contribution in [3.8, 4) is 0 Å². The Bertz CT molecular complexity index is 1930. The standard InChI is InChI=1S/C17H14N2O.C9H7BrN2O.C8H8/c1-19-12-18-16-11-14(9-10-15(16)17(19)20)8-7-13-5-3-2-4-6-13;1-12-5-11-8-4-6(10)2-3-7(8)9(12)13;1-2-8-6-4-3-5-7-8/h2-12H,1H3;2-5H,1H3;2-7H,1H2/b8-7+;;. The predicted molar refractivity (Wildman–Crippen MR) is 174 cm³/mol. The average molecular weight is 606 g/mol. The van der Waals surface area contributed by atoms with Crippen molar-refractivity contribution in [1.82, 2.24) is 19.1 Å². The third-order valence-electron chi connectivity index (χ3n) is 6.13. The largest absolute Gasteiger partial charge is 0.302 e. The molecule has 0 aliphatic carbocycles. The van der Waals surface area contributed by atoms with Gasteiger partial charge in [0, 0.05) is 18.6 Å². The fraction of sp³-hybridized carbons (Fsp3) is 0.0588. The summed E-state index contributed by atoms with van der Waals surface area (Å²) in [6.07, 6.45) is 8.97. The molecule has 0 radical (unpaired) electrons. The molecule has 0 saturated heterocycles. The van der Waals surface area contributed by atoms with E-state index in [9.17, 15) is 9.59 Å².